The minimum atomic E-state index is -0.0779. The minimum absolute atomic E-state index is 0. The summed E-state index contributed by atoms with van der Waals surface area (Å²) in [5, 5.41) is 1.36. The molecule has 0 aliphatic heterocycles. The maximum absolute atomic E-state index is 2.82. The normalized spacial score (nSPS) is 31.6. The predicted molar refractivity (Wildman–Crippen MR) is 238 cm³/mol. The van der Waals surface area contributed by atoms with Crippen LogP contribution in [0.3, 0.4) is 0 Å². The van der Waals surface area contributed by atoms with Gasteiger partial charge in [-0.3, -0.25) is 0 Å². The molecule has 0 saturated heterocycles. The SMILES string of the molecule is CCCCP(CCCC)Cc1c(CP(C23CC4CC(CC(C4)C2)C3)C23CC4CC(CC(C4)C2)C3)cc(-c2ccccc2)[c-]1-c1ccccc1.[Fe+2].c1cc[cH-]c1. The zero-order chi connectivity index (χ0) is 36.5. The van der Waals surface area contributed by atoms with Crippen molar-refractivity contribution in [2.24, 2.45) is 35.5 Å². The van der Waals surface area contributed by atoms with Crippen molar-refractivity contribution >= 4 is 15.8 Å². The van der Waals surface area contributed by atoms with E-state index in [9.17, 15) is 0 Å². The van der Waals surface area contributed by atoms with Gasteiger partial charge in [0.25, 0.3) is 0 Å². The molecule has 4 aromatic rings. The van der Waals surface area contributed by atoms with E-state index in [4.69, 9.17) is 0 Å². The third-order valence-electron chi connectivity index (χ3n) is 15.5. The Labute approximate surface area is 348 Å². The van der Waals surface area contributed by atoms with E-state index in [-0.39, 0.29) is 32.9 Å². The molecular weight excluding hydrogens is 742 g/mol. The molecule has 3 heteroatoms. The molecule has 294 valence electrons. The molecule has 55 heavy (non-hydrogen) atoms. The number of hydrogen-bond acceptors (Lipinski definition) is 0. The molecule has 12 rings (SSSR count). The van der Waals surface area contributed by atoms with Gasteiger partial charge in [-0.2, -0.15) is 18.2 Å². The van der Waals surface area contributed by atoms with Gasteiger partial charge in [-0.25, -0.2) is 12.1 Å². The average molecular weight is 811 g/mol. The van der Waals surface area contributed by atoms with Crippen molar-refractivity contribution in [2.75, 3.05) is 12.3 Å². The molecule has 0 heterocycles. The summed E-state index contributed by atoms with van der Waals surface area (Å²) < 4.78 is 0. The number of hydrogen-bond donors (Lipinski definition) is 0. The second kappa shape index (κ2) is 17.8. The van der Waals surface area contributed by atoms with Crippen LogP contribution in [-0.4, -0.2) is 22.6 Å². The smallest absolute Gasteiger partial charge is 0.214 e. The van der Waals surface area contributed by atoms with Crippen molar-refractivity contribution < 1.29 is 17.1 Å². The maximum atomic E-state index is 2.82. The molecule has 4 aromatic carbocycles. The fourth-order valence-corrected chi connectivity index (χ4v) is 22.2. The van der Waals surface area contributed by atoms with Crippen LogP contribution in [0.2, 0.25) is 0 Å². The van der Waals surface area contributed by atoms with Gasteiger partial charge in [0.15, 0.2) is 0 Å². The topological polar surface area (TPSA) is 0 Å². The fourth-order valence-electron chi connectivity index (χ4n) is 14.1. The standard InChI is InChI=1S/C47H63P2.C5H5.Fe/c1-3-5-17-48(18-6-4-2)33-44-42(25-43(40-13-9-7-10-14-40)45(44)41-15-11-8-12-16-41)32-49(46-26-34-19-35(27-46)21-36(20-34)28-46)47-29-37-22-38(30-47)24-39(23-37)31-47;1-2-4-5-3-1;/h7-16,25,34-39H,3-6,17-24,26-33H2,1-2H3;1-5H;/q2*-1;+2. The number of unbranched alkanes of at least 4 members (excludes halogenated alkanes) is 2. The Morgan fingerprint density at radius 1 is 0.600 bits per heavy atom. The zero-order valence-corrected chi connectivity index (χ0v) is 37.0. The van der Waals surface area contributed by atoms with E-state index in [0.717, 1.165) is 35.5 Å². The Kier molecular flexibility index (Phi) is 13.0. The van der Waals surface area contributed by atoms with Crippen molar-refractivity contribution in [3.63, 3.8) is 0 Å². The summed E-state index contributed by atoms with van der Waals surface area (Å²) in [4.78, 5) is 0. The van der Waals surface area contributed by atoms with Crippen LogP contribution in [0.15, 0.2) is 97.1 Å². The van der Waals surface area contributed by atoms with Crippen LogP contribution in [0.1, 0.15) is 128 Å². The van der Waals surface area contributed by atoms with Gasteiger partial charge in [-0.15, -0.1) is 37.2 Å². The first-order valence-corrected chi connectivity index (χ1v) is 26.0. The fraction of sp³-hybridized carbons (Fsp3) is 0.577. The molecule has 0 N–H and O–H groups in total. The molecule has 0 aromatic heterocycles. The van der Waals surface area contributed by atoms with Crippen molar-refractivity contribution in [2.45, 2.75) is 139 Å². The molecule has 0 amide bonds. The second-order valence-corrected chi connectivity index (χ2v) is 25.1. The molecule has 0 atom stereocenters. The van der Waals surface area contributed by atoms with Crippen LogP contribution >= 0.6 is 15.8 Å². The largest absolute Gasteiger partial charge is 2.00 e. The number of benzene rings is 2. The van der Waals surface area contributed by atoms with Gasteiger partial charge in [0, 0.05) is 0 Å². The van der Waals surface area contributed by atoms with Crippen molar-refractivity contribution in [3.05, 3.63) is 108 Å². The van der Waals surface area contributed by atoms with E-state index in [1.807, 2.05) is 41.5 Å². The van der Waals surface area contributed by atoms with Crippen LogP contribution in [0, 0.1) is 35.5 Å². The van der Waals surface area contributed by atoms with Crippen LogP contribution in [-0.2, 0) is 29.4 Å². The van der Waals surface area contributed by atoms with Gasteiger partial charge in [-0.1, -0.05) is 105 Å². The molecule has 8 aliphatic carbocycles. The first kappa shape index (κ1) is 40.3. The molecule has 8 saturated carbocycles. The summed E-state index contributed by atoms with van der Waals surface area (Å²) in [6.45, 7) is 4.82. The summed E-state index contributed by atoms with van der Waals surface area (Å²) in [6.07, 6.45) is 30.4. The maximum Gasteiger partial charge on any atom is 2.00 e. The van der Waals surface area contributed by atoms with Gasteiger partial charge in [-0.05, 0) is 160 Å². The van der Waals surface area contributed by atoms with Crippen LogP contribution in [0.5, 0.6) is 0 Å². The molecule has 0 nitrogen and oxygen atoms in total. The van der Waals surface area contributed by atoms with Gasteiger partial charge >= 0.3 is 17.1 Å². The summed E-state index contributed by atoms with van der Waals surface area (Å²) in [5.74, 6) is 6.33. The Balaban J connectivity index is 0.000000661. The Morgan fingerprint density at radius 3 is 1.47 bits per heavy atom. The van der Waals surface area contributed by atoms with Crippen LogP contribution in [0.4, 0.5) is 0 Å². The van der Waals surface area contributed by atoms with E-state index >= 15 is 0 Å². The second-order valence-electron chi connectivity index (χ2n) is 19.5. The molecule has 8 aliphatic rings. The summed E-state index contributed by atoms with van der Waals surface area (Å²) >= 11 is 0. The third-order valence-corrected chi connectivity index (χ3v) is 22.2. The van der Waals surface area contributed by atoms with E-state index in [2.05, 4.69) is 80.6 Å². The first-order chi connectivity index (χ1) is 26.5. The zero-order valence-electron chi connectivity index (χ0n) is 34.1. The average Bonchev–Trinajstić information content (AvgIpc) is 3.87. The molecule has 8 bridgehead atoms. The molecule has 0 radical (unpaired) electrons. The number of rotatable bonds is 14. The van der Waals surface area contributed by atoms with Crippen LogP contribution < -0.4 is 0 Å². The minimum Gasteiger partial charge on any atom is -0.214 e. The van der Waals surface area contributed by atoms with Crippen LogP contribution in [0.25, 0.3) is 22.3 Å². The summed E-state index contributed by atoms with van der Waals surface area (Å²) in [6, 6.07) is 36.1. The van der Waals surface area contributed by atoms with Gasteiger partial charge in [0.2, 0.25) is 0 Å². The summed E-state index contributed by atoms with van der Waals surface area (Å²) in [7, 11) is -0.0769. The third kappa shape index (κ3) is 8.51. The quantitative estimate of drug-likeness (QED) is 0.0676. The molecule has 0 spiro atoms. The van der Waals surface area contributed by atoms with Crippen molar-refractivity contribution in [1.29, 1.82) is 0 Å². The predicted octanol–water partition coefficient (Wildman–Crippen LogP) is 15.6. The molecule has 8 fully saturated rings. The van der Waals surface area contributed by atoms with Crippen molar-refractivity contribution in [1.82, 2.24) is 0 Å². The molecule has 0 unspecified atom stereocenters. The Morgan fingerprint density at radius 2 is 1.05 bits per heavy atom. The summed E-state index contributed by atoms with van der Waals surface area (Å²) in [5.41, 5.74) is 9.71. The monoisotopic (exact) mass is 810 g/mol. The Bertz CT molecular complexity index is 1630. The van der Waals surface area contributed by atoms with Gasteiger partial charge in [0.1, 0.15) is 0 Å². The molecular formula is C52H68FeP2. The van der Waals surface area contributed by atoms with E-state index in [0.29, 0.717) is 10.3 Å². The Hall–Kier alpha value is -1.48. The van der Waals surface area contributed by atoms with E-state index in [1.54, 1.807) is 88.2 Å². The van der Waals surface area contributed by atoms with Crippen molar-refractivity contribution in [3.8, 4) is 22.3 Å². The van der Waals surface area contributed by atoms with Gasteiger partial charge in [0.05, 0.1) is 0 Å². The van der Waals surface area contributed by atoms with E-state index < -0.39 is 0 Å². The van der Waals surface area contributed by atoms with Gasteiger partial charge < -0.3 is 0 Å². The van der Waals surface area contributed by atoms with E-state index in [1.165, 1.54) is 61.5 Å². The first-order valence-electron chi connectivity index (χ1n) is 22.6.